The van der Waals surface area contributed by atoms with Gasteiger partial charge in [0.15, 0.2) is 17.3 Å². The predicted octanol–water partition coefficient (Wildman–Crippen LogP) is 2.34. The van der Waals surface area contributed by atoms with Crippen molar-refractivity contribution in [1.29, 1.82) is 0 Å². The van der Waals surface area contributed by atoms with Crippen LogP contribution in [0.5, 0.6) is 11.5 Å². The van der Waals surface area contributed by atoms with Crippen LogP contribution in [0.25, 0.3) is 5.69 Å². The van der Waals surface area contributed by atoms with E-state index in [1.54, 1.807) is 11.6 Å². The number of benzene rings is 1. The van der Waals surface area contributed by atoms with E-state index >= 15 is 0 Å². The number of ether oxygens (including phenoxy) is 3. The molecule has 0 unspecified atom stereocenters. The van der Waals surface area contributed by atoms with Crippen molar-refractivity contribution in [3.63, 3.8) is 0 Å². The summed E-state index contributed by atoms with van der Waals surface area (Å²) in [5.74, 6) is 1.97. The highest BCUT2D eigenvalue weighted by Crippen LogP contribution is 2.38. The number of carbonyl (C=O) groups excluding carboxylic acids is 1. The topological polar surface area (TPSA) is 100 Å². The molecule has 1 saturated carbocycles. The van der Waals surface area contributed by atoms with Gasteiger partial charge < -0.3 is 19.5 Å². The molecule has 9 heteroatoms. The molecular formula is C18H23N5O4. The molecule has 1 aromatic carbocycles. The minimum atomic E-state index is -0.652. The van der Waals surface area contributed by atoms with Crippen molar-refractivity contribution in [1.82, 2.24) is 25.5 Å². The quantitative estimate of drug-likeness (QED) is 0.878. The Kier molecular flexibility index (Phi) is 4.83. The van der Waals surface area contributed by atoms with Gasteiger partial charge in [-0.15, -0.1) is 5.10 Å². The summed E-state index contributed by atoms with van der Waals surface area (Å²) in [5.41, 5.74) is 0.108. The Hall–Kier alpha value is -2.84. The molecule has 1 amide bonds. The number of hydrogen-bond acceptors (Lipinski definition) is 7. The number of fused-ring (bicyclic) bond motifs is 1. The van der Waals surface area contributed by atoms with Crippen molar-refractivity contribution in [2.75, 3.05) is 19.8 Å². The highest BCUT2D eigenvalue weighted by atomic mass is 16.6. The molecule has 0 saturated heterocycles. The lowest BCUT2D eigenvalue weighted by Crippen LogP contribution is -2.49. The van der Waals surface area contributed by atoms with Crippen LogP contribution < -0.4 is 14.8 Å². The first-order chi connectivity index (χ1) is 13.2. The van der Waals surface area contributed by atoms with Crippen molar-refractivity contribution in [3.05, 3.63) is 24.0 Å². The molecule has 1 aromatic heterocycles. The predicted molar refractivity (Wildman–Crippen MR) is 95.1 cm³/mol. The summed E-state index contributed by atoms with van der Waals surface area (Å²) in [4.78, 5) is 12.2. The lowest BCUT2D eigenvalue weighted by Gasteiger charge is -2.36. The zero-order valence-corrected chi connectivity index (χ0v) is 15.3. The van der Waals surface area contributed by atoms with Crippen LogP contribution in [0, 0.1) is 0 Å². The second-order valence-electron chi connectivity index (χ2n) is 6.73. The molecule has 144 valence electrons. The zero-order chi connectivity index (χ0) is 18.7. The number of rotatable bonds is 4. The summed E-state index contributed by atoms with van der Waals surface area (Å²) in [6.07, 6.45) is 4.17. The molecule has 1 N–H and O–H groups in total. The second kappa shape index (κ2) is 7.42. The van der Waals surface area contributed by atoms with Crippen LogP contribution in [0.2, 0.25) is 0 Å². The molecule has 1 aliphatic carbocycles. The summed E-state index contributed by atoms with van der Waals surface area (Å²) >= 11 is 0. The molecule has 0 spiro atoms. The van der Waals surface area contributed by atoms with Gasteiger partial charge in [0.05, 0.1) is 12.3 Å². The monoisotopic (exact) mass is 373 g/mol. The number of alkyl carbamates (subject to hydrolysis) is 1. The largest absolute Gasteiger partial charge is 0.486 e. The van der Waals surface area contributed by atoms with Crippen LogP contribution in [-0.2, 0) is 10.3 Å². The molecule has 0 bridgehead atoms. The first-order valence-electron chi connectivity index (χ1n) is 9.36. The first kappa shape index (κ1) is 17.6. The van der Waals surface area contributed by atoms with Gasteiger partial charge in [0.1, 0.15) is 18.8 Å². The smallest absolute Gasteiger partial charge is 0.407 e. The fourth-order valence-electron chi connectivity index (χ4n) is 3.75. The maximum atomic E-state index is 12.2. The fourth-order valence-corrected chi connectivity index (χ4v) is 3.75. The summed E-state index contributed by atoms with van der Waals surface area (Å²) in [7, 11) is 0. The molecule has 0 atom stereocenters. The molecule has 4 rings (SSSR count). The molecule has 27 heavy (non-hydrogen) atoms. The number of hydrogen-bond donors (Lipinski definition) is 1. The maximum absolute atomic E-state index is 12.2. The normalized spacial score (nSPS) is 18.0. The van der Waals surface area contributed by atoms with Crippen molar-refractivity contribution in [2.24, 2.45) is 0 Å². The van der Waals surface area contributed by atoms with E-state index in [-0.39, 0.29) is 0 Å². The van der Waals surface area contributed by atoms with E-state index < -0.39 is 11.6 Å². The third-order valence-electron chi connectivity index (χ3n) is 4.99. The number of amides is 1. The SMILES string of the molecule is CCOC(=O)NC1(c2nnnn2-c2ccc3c(c2)OCCO3)CCCCC1. The Bertz CT molecular complexity index is 816. The summed E-state index contributed by atoms with van der Waals surface area (Å²) in [5, 5.41) is 15.4. The van der Waals surface area contributed by atoms with Crippen molar-refractivity contribution >= 4 is 6.09 Å². The van der Waals surface area contributed by atoms with E-state index in [2.05, 4.69) is 20.8 Å². The molecule has 1 fully saturated rings. The van der Waals surface area contributed by atoms with Gasteiger partial charge in [-0.2, -0.15) is 4.68 Å². The van der Waals surface area contributed by atoms with Crippen LogP contribution in [0.3, 0.4) is 0 Å². The summed E-state index contributed by atoms with van der Waals surface area (Å²) in [6, 6.07) is 5.59. The van der Waals surface area contributed by atoms with Crippen molar-refractivity contribution in [2.45, 2.75) is 44.6 Å². The highest BCUT2D eigenvalue weighted by molar-refractivity contribution is 5.68. The van der Waals surface area contributed by atoms with Crippen LogP contribution in [0.1, 0.15) is 44.9 Å². The first-order valence-corrected chi connectivity index (χ1v) is 9.36. The minimum absolute atomic E-state index is 0.314. The lowest BCUT2D eigenvalue weighted by molar-refractivity contribution is 0.124. The average Bonchev–Trinajstić information content (AvgIpc) is 3.19. The molecule has 9 nitrogen and oxygen atoms in total. The van der Waals surface area contributed by atoms with Crippen LogP contribution in [-0.4, -0.2) is 46.1 Å². The molecule has 0 radical (unpaired) electrons. The Morgan fingerprint density at radius 3 is 2.78 bits per heavy atom. The Labute approximate surface area is 157 Å². The van der Waals surface area contributed by atoms with Gasteiger partial charge in [0.25, 0.3) is 0 Å². The van der Waals surface area contributed by atoms with Gasteiger partial charge in [0.2, 0.25) is 0 Å². The van der Waals surface area contributed by atoms with E-state index in [0.29, 0.717) is 37.1 Å². The number of carbonyl (C=O) groups is 1. The van der Waals surface area contributed by atoms with Crippen LogP contribution in [0.15, 0.2) is 18.2 Å². The molecule has 2 aliphatic rings. The Balaban J connectivity index is 1.71. The van der Waals surface area contributed by atoms with Gasteiger partial charge in [-0.3, -0.25) is 0 Å². The van der Waals surface area contributed by atoms with E-state index in [1.165, 1.54) is 0 Å². The summed E-state index contributed by atoms with van der Waals surface area (Å²) < 4.78 is 18.0. The number of nitrogens with one attached hydrogen (secondary N) is 1. The molecule has 2 aromatic rings. The summed E-state index contributed by atoms with van der Waals surface area (Å²) in [6.45, 7) is 3.14. The maximum Gasteiger partial charge on any atom is 0.407 e. The minimum Gasteiger partial charge on any atom is -0.486 e. The lowest BCUT2D eigenvalue weighted by atomic mass is 9.81. The molecule has 1 aliphatic heterocycles. The van der Waals surface area contributed by atoms with Gasteiger partial charge in [0, 0.05) is 6.07 Å². The van der Waals surface area contributed by atoms with Gasteiger partial charge in [-0.25, -0.2) is 4.79 Å². The van der Waals surface area contributed by atoms with Crippen LogP contribution >= 0.6 is 0 Å². The van der Waals surface area contributed by atoms with Gasteiger partial charge in [-0.05, 0) is 42.3 Å². The number of tetrazole rings is 1. The van der Waals surface area contributed by atoms with Gasteiger partial charge >= 0.3 is 6.09 Å². The number of aromatic nitrogens is 4. The Morgan fingerprint density at radius 1 is 1.22 bits per heavy atom. The van der Waals surface area contributed by atoms with E-state index in [9.17, 15) is 4.79 Å². The van der Waals surface area contributed by atoms with E-state index in [0.717, 1.165) is 37.8 Å². The fraction of sp³-hybridized carbons (Fsp3) is 0.556. The van der Waals surface area contributed by atoms with E-state index in [4.69, 9.17) is 14.2 Å². The zero-order valence-electron chi connectivity index (χ0n) is 15.3. The molecular weight excluding hydrogens is 350 g/mol. The standard InChI is InChI=1S/C18H23N5O4/c1-2-25-17(24)19-18(8-4-3-5-9-18)16-20-21-22-23(16)13-6-7-14-15(12-13)27-11-10-26-14/h6-7,12H,2-5,8-11H2,1H3,(H,19,24). The molecule has 2 heterocycles. The average molecular weight is 373 g/mol. The second-order valence-corrected chi connectivity index (χ2v) is 6.73. The third-order valence-corrected chi connectivity index (χ3v) is 4.99. The van der Waals surface area contributed by atoms with Gasteiger partial charge in [-0.1, -0.05) is 19.3 Å². The van der Waals surface area contributed by atoms with Crippen molar-refractivity contribution < 1.29 is 19.0 Å². The van der Waals surface area contributed by atoms with Crippen LogP contribution in [0.4, 0.5) is 4.79 Å². The Morgan fingerprint density at radius 2 is 2.00 bits per heavy atom. The van der Waals surface area contributed by atoms with Crippen molar-refractivity contribution in [3.8, 4) is 17.2 Å². The van der Waals surface area contributed by atoms with E-state index in [1.807, 2.05) is 18.2 Å². The number of nitrogens with zero attached hydrogens (tertiary/aromatic N) is 4. The highest BCUT2D eigenvalue weighted by Gasteiger charge is 2.41. The third kappa shape index (κ3) is 3.41.